The Kier molecular flexibility index (Phi) is 4.03. The molecule has 1 amide bonds. The lowest BCUT2D eigenvalue weighted by Crippen LogP contribution is -2.49. The highest BCUT2D eigenvalue weighted by Crippen LogP contribution is 2.15. The van der Waals surface area contributed by atoms with Crippen molar-refractivity contribution in [2.45, 2.75) is 6.10 Å². The quantitative estimate of drug-likeness (QED) is 0.819. The van der Waals surface area contributed by atoms with Gasteiger partial charge in [0.15, 0.2) is 6.10 Å². The average Bonchev–Trinajstić information content (AvgIpc) is 2.83. The van der Waals surface area contributed by atoms with Crippen molar-refractivity contribution in [1.29, 1.82) is 0 Å². The molecule has 1 fully saturated rings. The van der Waals surface area contributed by atoms with Crippen LogP contribution in [-0.2, 0) is 14.3 Å². The number of halogens is 1. The minimum absolute atomic E-state index is 0.155. The zero-order valence-electron chi connectivity index (χ0n) is 9.81. The fraction of sp³-hybridized carbons (Fsp3) is 0.455. The van der Waals surface area contributed by atoms with E-state index in [4.69, 9.17) is 4.74 Å². The van der Waals surface area contributed by atoms with Crippen molar-refractivity contribution in [3.63, 3.8) is 0 Å². The van der Waals surface area contributed by atoms with Gasteiger partial charge in [-0.2, -0.15) is 0 Å². The van der Waals surface area contributed by atoms with Crippen LogP contribution in [0.25, 0.3) is 0 Å². The van der Waals surface area contributed by atoms with E-state index < -0.39 is 12.1 Å². The van der Waals surface area contributed by atoms with Crippen molar-refractivity contribution in [2.75, 3.05) is 26.8 Å². The highest BCUT2D eigenvalue weighted by Gasteiger charge is 2.30. The van der Waals surface area contributed by atoms with Crippen LogP contribution in [0.2, 0.25) is 0 Å². The van der Waals surface area contributed by atoms with E-state index in [0.717, 1.165) is 4.47 Å². The molecule has 1 aliphatic rings. The fourth-order valence-corrected chi connectivity index (χ4v) is 2.11. The number of amides is 1. The first-order valence-corrected chi connectivity index (χ1v) is 6.23. The second-order valence-corrected chi connectivity index (χ2v) is 4.78. The second kappa shape index (κ2) is 5.53. The molecule has 1 N–H and O–H groups in total. The predicted octanol–water partition coefficient (Wildman–Crippen LogP) is 0.791. The van der Waals surface area contributed by atoms with Crippen molar-refractivity contribution in [1.82, 2.24) is 9.88 Å². The molecule has 1 unspecified atom stereocenters. The number of hydrogen-bond acceptors (Lipinski definition) is 4. The third-order valence-corrected chi connectivity index (χ3v) is 3.15. The summed E-state index contributed by atoms with van der Waals surface area (Å²) in [7, 11) is 1.30. The first-order chi connectivity index (χ1) is 8.61. The van der Waals surface area contributed by atoms with E-state index in [1.54, 1.807) is 17.2 Å². The van der Waals surface area contributed by atoms with Gasteiger partial charge in [-0.15, -0.1) is 0 Å². The number of methoxy groups -OCH3 is 1. The Morgan fingerprint density at radius 3 is 3.00 bits per heavy atom. The summed E-state index contributed by atoms with van der Waals surface area (Å²) in [6.07, 6.45) is 0.983. The molecule has 0 spiro atoms. The van der Waals surface area contributed by atoms with Gasteiger partial charge in [-0.25, -0.2) is 4.79 Å². The molecular weight excluding hydrogens is 304 g/mol. The van der Waals surface area contributed by atoms with Gasteiger partial charge in [-0.05, 0) is 22.0 Å². The number of nitrogens with zero attached hydrogens (tertiary/aromatic N) is 1. The standard InChI is InChI=1S/C11H13BrN2O4/c1-17-11(16)9-6-14(2-3-18-9)10(15)8-4-7(12)5-13-8/h4-5,9,13H,2-3,6H2,1H3. The maximum Gasteiger partial charge on any atom is 0.336 e. The number of morpholine rings is 1. The van der Waals surface area contributed by atoms with Gasteiger partial charge >= 0.3 is 5.97 Å². The zero-order valence-corrected chi connectivity index (χ0v) is 11.4. The number of hydrogen-bond donors (Lipinski definition) is 1. The van der Waals surface area contributed by atoms with Crippen LogP contribution in [0.3, 0.4) is 0 Å². The van der Waals surface area contributed by atoms with Crippen LogP contribution < -0.4 is 0 Å². The maximum atomic E-state index is 12.1. The van der Waals surface area contributed by atoms with E-state index in [-0.39, 0.29) is 12.5 Å². The minimum atomic E-state index is -0.703. The summed E-state index contributed by atoms with van der Waals surface area (Å²) in [6.45, 7) is 0.999. The van der Waals surface area contributed by atoms with Crippen LogP contribution in [0.4, 0.5) is 0 Å². The first-order valence-electron chi connectivity index (χ1n) is 5.44. The van der Waals surface area contributed by atoms with Gasteiger partial charge in [-0.1, -0.05) is 0 Å². The molecule has 1 aliphatic heterocycles. The van der Waals surface area contributed by atoms with E-state index in [9.17, 15) is 9.59 Å². The van der Waals surface area contributed by atoms with E-state index in [1.807, 2.05) is 0 Å². The zero-order chi connectivity index (χ0) is 13.1. The third kappa shape index (κ3) is 2.73. The van der Waals surface area contributed by atoms with E-state index in [2.05, 4.69) is 25.7 Å². The topological polar surface area (TPSA) is 71.6 Å². The molecule has 0 aliphatic carbocycles. The fourth-order valence-electron chi connectivity index (χ4n) is 1.77. The molecule has 7 heteroatoms. The second-order valence-electron chi connectivity index (χ2n) is 3.87. The Morgan fingerprint density at radius 2 is 2.39 bits per heavy atom. The van der Waals surface area contributed by atoms with Crippen LogP contribution in [-0.4, -0.2) is 54.7 Å². The van der Waals surface area contributed by atoms with Crippen LogP contribution in [0.1, 0.15) is 10.5 Å². The molecule has 0 saturated carbocycles. The molecule has 18 heavy (non-hydrogen) atoms. The van der Waals surface area contributed by atoms with Crippen LogP contribution in [0.15, 0.2) is 16.7 Å². The molecule has 2 rings (SSSR count). The Hall–Kier alpha value is -1.34. The lowest BCUT2D eigenvalue weighted by Gasteiger charge is -2.31. The van der Waals surface area contributed by atoms with Gasteiger partial charge < -0.3 is 19.4 Å². The Labute approximate surface area is 112 Å². The van der Waals surface area contributed by atoms with Gasteiger partial charge in [0.2, 0.25) is 0 Å². The summed E-state index contributed by atoms with van der Waals surface area (Å²) in [5.41, 5.74) is 0.479. The largest absolute Gasteiger partial charge is 0.467 e. The van der Waals surface area contributed by atoms with Gasteiger partial charge in [-0.3, -0.25) is 4.79 Å². The number of aromatic amines is 1. The molecule has 0 bridgehead atoms. The summed E-state index contributed by atoms with van der Waals surface area (Å²) >= 11 is 3.27. The normalized spacial score (nSPS) is 19.7. The SMILES string of the molecule is COC(=O)C1CN(C(=O)c2cc(Br)c[nH]2)CCO1. The molecular formula is C11H13BrN2O4. The van der Waals surface area contributed by atoms with Crippen molar-refractivity contribution in [3.05, 3.63) is 22.4 Å². The van der Waals surface area contributed by atoms with Gasteiger partial charge in [0.05, 0.1) is 20.3 Å². The molecule has 6 nitrogen and oxygen atoms in total. The summed E-state index contributed by atoms with van der Waals surface area (Å²) in [4.78, 5) is 27.9. The Bertz CT molecular complexity index is 460. The van der Waals surface area contributed by atoms with Gasteiger partial charge in [0.1, 0.15) is 5.69 Å². The van der Waals surface area contributed by atoms with Gasteiger partial charge in [0, 0.05) is 17.2 Å². The summed E-state index contributed by atoms with van der Waals surface area (Å²) < 4.78 is 10.7. The molecule has 98 valence electrons. The van der Waals surface area contributed by atoms with E-state index >= 15 is 0 Å². The number of ether oxygens (including phenoxy) is 2. The number of H-pyrrole nitrogens is 1. The molecule has 1 saturated heterocycles. The summed E-state index contributed by atoms with van der Waals surface area (Å²) in [5, 5.41) is 0. The molecule has 1 atom stereocenters. The lowest BCUT2D eigenvalue weighted by molar-refractivity contribution is -0.158. The molecule has 1 aromatic rings. The maximum absolute atomic E-state index is 12.1. The van der Waals surface area contributed by atoms with Crippen molar-refractivity contribution in [2.24, 2.45) is 0 Å². The highest BCUT2D eigenvalue weighted by atomic mass is 79.9. The van der Waals surface area contributed by atoms with Gasteiger partial charge in [0.25, 0.3) is 5.91 Å². The molecule has 0 aromatic carbocycles. The Morgan fingerprint density at radius 1 is 1.61 bits per heavy atom. The minimum Gasteiger partial charge on any atom is -0.467 e. The lowest BCUT2D eigenvalue weighted by atomic mass is 10.2. The van der Waals surface area contributed by atoms with E-state index in [0.29, 0.717) is 18.8 Å². The number of carbonyl (C=O) groups is 2. The average molecular weight is 317 g/mol. The van der Waals surface area contributed by atoms with Crippen LogP contribution in [0, 0.1) is 0 Å². The Balaban J connectivity index is 2.05. The number of aromatic nitrogens is 1. The molecule has 2 heterocycles. The predicted molar refractivity (Wildman–Crippen MR) is 66.2 cm³/mol. The van der Waals surface area contributed by atoms with E-state index in [1.165, 1.54) is 7.11 Å². The summed E-state index contributed by atoms with van der Waals surface area (Å²) in [6, 6.07) is 1.70. The number of rotatable bonds is 2. The highest BCUT2D eigenvalue weighted by molar-refractivity contribution is 9.10. The summed E-state index contributed by atoms with van der Waals surface area (Å²) in [5.74, 6) is -0.613. The van der Waals surface area contributed by atoms with Crippen LogP contribution in [0.5, 0.6) is 0 Å². The first kappa shape index (κ1) is 13.1. The molecule has 0 radical (unpaired) electrons. The van der Waals surface area contributed by atoms with Crippen molar-refractivity contribution in [3.8, 4) is 0 Å². The monoisotopic (exact) mass is 316 g/mol. The van der Waals surface area contributed by atoms with Crippen molar-refractivity contribution < 1.29 is 19.1 Å². The van der Waals surface area contributed by atoms with Crippen molar-refractivity contribution >= 4 is 27.8 Å². The number of esters is 1. The van der Waals surface area contributed by atoms with Crippen LogP contribution >= 0.6 is 15.9 Å². The molecule has 1 aromatic heterocycles. The smallest absolute Gasteiger partial charge is 0.336 e. The number of carbonyl (C=O) groups excluding carboxylic acids is 2. The third-order valence-electron chi connectivity index (χ3n) is 2.70. The number of nitrogens with one attached hydrogen (secondary N) is 1.